The molecular weight excluding hydrogens is 234 g/mol. The summed E-state index contributed by atoms with van der Waals surface area (Å²) in [6, 6.07) is 9.07. The first-order chi connectivity index (χ1) is 8.68. The van der Waals surface area contributed by atoms with Gasteiger partial charge < -0.3 is 14.7 Å². The van der Waals surface area contributed by atoms with Crippen LogP contribution >= 0.6 is 0 Å². The summed E-state index contributed by atoms with van der Waals surface area (Å²) in [5, 5.41) is 8.72. The van der Waals surface area contributed by atoms with E-state index in [9.17, 15) is 9.59 Å². The maximum Gasteiger partial charge on any atom is 0.303 e. The fraction of sp³-hybridized carbons (Fsp3) is 0.385. The van der Waals surface area contributed by atoms with Gasteiger partial charge in [0.05, 0.1) is 12.6 Å². The van der Waals surface area contributed by atoms with E-state index in [2.05, 4.69) is 0 Å². The molecule has 1 fully saturated rings. The number of hydrogen-bond donors (Lipinski definition) is 1. The Hall–Kier alpha value is -1.88. The minimum Gasteiger partial charge on any atom is -0.481 e. The highest BCUT2D eigenvalue weighted by Gasteiger charge is 2.30. The second kappa shape index (κ2) is 5.64. The number of anilines is 1. The van der Waals surface area contributed by atoms with Crippen molar-refractivity contribution in [2.45, 2.75) is 18.9 Å². The number of benzene rings is 1. The number of nitrogens with zero attached hydrogens (tertiary/aromatic N) is 1. The maximum atomic E-state index is 11.9. The number of carboxylic acids is 1. The summed E-state index contributed by atoms with van der Waals surface area (Å²) in [5.74, 6) is -0.983. The van der Waals surface area contributed by atoms with Crippen LogP contribution in [-0.4, -0.2) is 36.2 Å². The van der Waals surface area contributed by atoms with Crippen LogP contribution in [0.15, 0.2) is 30.3 Å². The smallest absolute Gasteiger partial charge is 0.303 e. The van der Waals surface area contributed by atoms with Crippen LogP contribution in [0.5, 0.6) is 0 Å². The number of aliphatic carboxylic acids is 1. The second-order valence-corrected chi connectivity index (χ2v) is 4.20. The molecule has 0 radical (unpaired) electrons. The van der Waals surface area contributed by atoms with Gasteiger partial charge in [-0.3, -0.25) is 9.59 Å². The molecule has 1 saturated heterocycles. The lowest BCUT2D eigenvalue weighted by atomic mass is 10.1. The zero-order valence-electron chi connectivity index (χ0n) is 9.91. The quantitative estimate of drug-likeness (QED) is 0.873. The number of carboxylic acid groups (broad SMARTS) is 1. The fourth-order valence-corrected chi connectivity index (χ4v) is 2.08. The Morgan fingerprint density at radius 3 is 2.78 bits per heavy atom. The lowest BCUT2D eigenvalue weighted by Gasteiger charge is -2.35. The van der Waals surface area contributed by atoms with Gasteiger partial charge in [-0.05, 0) is 18.6 Å². The molecule has 1 amide bonds. The molecule has 1 N–H and O–H groups in total. The van der Waals surface area contributed by atoms with Crippen molar-refractivity contribution in [1.29, 1.82) is 0 Å². The zero-order valence-corrected chi connectivity index (χ0v) is 9.91. The van der Waals surface area contributed by atoms with Gasteiger partial charge in [-0.15, -0.1) is 0 Å². The van der Waals surface area contributed by atoms with Gasteiger partial charge >= 0.3 is 5.97 Å². The molecule has 5 nitrogen and oxygen atoms in total. The Morgan fingerprint density at radius 2 is 2.11 bits per heavy atom. The van der Waals surface area contributed by atoms with E-state index < -0.39 is 5.97 Å². The van der Waals surface area contributed by atoms with Crippen molar-refractivity contribution in [2.75, 3.05) is 18.1 Å². The Balaban J connectivity index is 2.15. The molecule has 0 aromatic heterocycles. The minimum atomic E-state index is -0.860. The van der Waals surface area contributed by atoms with Crippen molar-refractivity contribution in [2.24, 2.45) is 0 Å². The second-order valence-electron chi connectivity index (χ2n) is 4.20. The molecule has 1 heterocycles. The topological polar surface area (TPSA) is 66.8 Å². The fourth-order valence-electron chi connectivity index (χ4n) is 2.08. The van der Waals surface area contributed by atoms with Crippen LogP contribution in [0.2, 0.25) is 0 Å². The molecule has 96 valence electrons. The summed E-state index contributed by atoms with van der Waals surface area (Å²) >= 11 is 0. The lowest BCUT2D eigenvalue weighted by molar-refractivity contribution is -0.138. The minimum absolute atomic E-state index is 0.0324. The van der Waals surface area contributed by atoms with Crippen LogP contribution in [0.25, 0.3) is 0 Å². The lowest BCUT2D eigenvalue weighted by Crippen LogP contribution is -2.49. The molecule has 1 unspecified atom stereocenters. The first-order valence-electron chi connectivity index (χ1n) is 5.85. The van der Waals surface area contributed by atoms with Gasteiger partial charge in [0.25, 0.3) is 5.91 Å². The summed E-state index contributed by atoms with van der Waals surface area (Å²) in [7, 11) is 0. The molecule has 2 rings (SSSR count). The van der Waals surface area contributed by atoms with Crippen molar-refractivity contribution >= 4 is 17.6 Å². The first kappa shape index (κ1) is 12.6. The molecule has 5 heteroatoms. The number of hydrogen-bond acceptors (Lipinski definition) is 3. The Bertz CT molecular complexity index is 432. The zero-order chi connectivity index (χ0) is 13.0. The highest BCUT2D eigenvalue weighted by molar-refractivity contribution is 5.95. The molecule has 0 spiro atoms. The Morgan fingerprint density at radius 1 is 1.39 bits per heavy atom. The van der Waals surface area contributed by atoms with Gasteiger partial charge in [0.2, 0.25) is 0 Å². The maximum absolute atomic E-state index is 11.9. The van der Waals surface area contributed by atoms with Crippen LogP contribution < -0.4 is 4.90 Å². The Labute approximate surface area is 105 Å². The number of morpholine rings is 1. The van der Waals surface area contributed by atoms with E-state index in [1.165, 1.54) is 0 Å². The van der Waals surface area contributed by atoms with Gasteiger partial charge in [-0.25, -0.2) is 0 Å². The largest absolute Gasteiger partial charge is 0.481 e. The molecule has 1 aromatic rings. The third-order valence-corrected chi connectivity index (χ3v) is 2.90. The van der Waals surface area contributed by atoms with E-state index >= 15 is 0 Å². The summed E-state index contributed by atoms with van der Waals surface area (Å²) in [5.41, 5.74) is 0.793. The van der Waals surface area contributed by atoms with Crippen LogP contribution in [0.3, 0.4) is 0 Å². The van der Waals surface area contributed by atoms with Crippen molar-refractivity contribution in [1.82, 2.24) is 0 Å². The van der Waals surface area contributed by atoms with Gasteiger partial charge in [-0.1, -0.05) is 18.2 Å². The van der Waals surface area contributed by atoms with E-state index in [4.69, 9.17) is 9.84 Å². The van der Waals surface area contributed by atoms with E-state index in [1.54, 1.807) is 4.90 Å². The molecule has 1 aliphatic heterocycles. The van der Waals surface area contributed by atoms with Crippen LogP contribution in [0.4, 0.5) is 5.69 Å². The number of carbonyl (C=O) groups is 2. The highest BCUT2D eigenvalue weighted by atomic mass is 16.5. The van der Waals surface area contributed by atoms with Gasteiger partial charge in [0.1, 0.15) is 6.61 Å². The average molecular weight is 249 g/mol. The average Bonchev–Trinajstić information content (AvgIpc) is 2.37. The summed E-state index contributed by atoms with van der Waals surface area (Å²) in [6.45, 7) is 0.437. The predicted octanol–water partition coefficient (Wildman–Crippen LogP) is 1.28. The number of carbonyl (C=O) groups excluding carboxylic acids is 1. The van der Waals surface area contributed by atoms with E-state index in [-0.39, 0.29) is 25.0 Å². The van der Waals surface area contributed by atoms with Gasteiger partial charge in [0.15, 0.2) is 0 Å². The number of amides is 1. The molecular formula is C13H15NO4. The SMILES string of the molecule is O=C(O)CCC1COCC(=O)N1c1ccccc1. The molecule has 1 atom stereocenters. The van der Waals surface area contributed by atoms with Crippen molar-refractivity contribution < 1.29 is 19.4 Å². The van der Waals surface area contributed by atoms with E-state index in [0.717, 1.165) is 5.69 Å². The van der Waals surface area contributed by atoms with Crippen molar-refractivity contribution in [3.63, 3.8) is 0 Å². The Kier molecular flexibility index (Phi) is 3.94. The number of para-hydroxylation sites is 1. The highest BCUT2D eigenvalue weighted by Crippen LogP contribution is 2.22. The van der Waals surface area contributed by atoms with Crippen molar-refractivity contribution in [3.8, 4) is 0 Å². The van der Waals surface area contributed by atoms with Gasteiger partial charge in [-0.2, -0.15) is 0 Å². The van der Waals surface area contributed by atoms with Crippen LogP contribution in [0, 0.1) is 0 Å². The summed E-state index contributed by atoms with van der Waals surface area (Å²) in [6.07, 6.45) is 0.431. The standard InChI is InChI=1S/C13H15NO4/c15-12-9-18-8-11(6-7-13(16)17)14(12)10-4-2-1-3-5-10/h1-5,11H,6-9H2,(H,16,17). The molecule has 0 aliphatic carbocycles. The first-order valence-corrected chi connectivity index (χ1v) is 5.85. The number of rotatable bonds is 4. The van der Waals surface area contributed by atoms with Crippen LogP contribution in [0.1, 0.15) is 12.8 Å². The molecule has 1 aliphatic rings. The predicted molar refractivity (Wildman–Crippen MR) is 65.4 cm³/mol. The summed E-state index contributed by atoms with van der Waals surface area (Å²) in [4.78, 5) is 24.2. The molecule has 0 saturated carbocycles. The third-order valence-electron chi connectivity index (χ3n) is 2.90. The van der Waals surface area contributed by atoms with E-state index in [1.807, 2.05) is 30.3 Å². The van der Waals surface area contributed by atoms with Gasteiger partial charge in [0, 0.05) is 12.1 Å². The summed E-state index contributed by atoms with van der Waals surface area (Å²) < 4.78 is 5.19. The molecule has 18 heavy (non-hydrogen) atoms. The third kappa shape index (κ3) is 2.87. The molecule has 1 aromatic carbocycles. The normalized spacial score (nSPS) is 19.9. The molecule has 0 bridgehead atoms. The monoisotopic (exact) mass is 249 g/mol. The van der Waals surface area contributed by atoms with E-state index in [0.29, 0.717) is 13.0 Å². The number of ether oxygens (including phenoxy) is 1. The van der Waals surface area contributed by atoms with Crippen LogP contribution in [-0.2, 0) is 14.3 Å². The van der Waals surface area contributed by atoms with Crippen molar-refractivity contribution in [3.05, 3.63) is 30.3 Å².